The molecule has 1 aromatic carbocycles. The highest BCUT2D eigenvalue weighted by atomic mass is 15.2. The molecule has 2 aliphatic rings. The van der Waals surface area contributed by atoms with E-state index in [1.807, 2.05) is 0 Å². The molecule has 2 aliphatic carbocycles. The standard InChI is InChI=1S/C19H30N2/c1-19(2,3)16-8-6-15(7-9-16)18(20)13-21(17-10-11-17)12-14-4-5-14/h6-9,14,17-18H,4-5,10-13,20H2,1-3H3. The van der Waals surface area contributed by atoms with Gasteiger partial charge in [-0.2, -0.15) is 0 Å². The van der Waals surface area contributed by atoms with Crippen molar-refractivity contribution >= 4 is 0 Å². The molecule has 2 saturated carbocycles. The van der Waals surface area contributed by atoms with Crippen molar-refractivity contribution in [1.82, 2.24) is 4.90 Å². The molecule has 2 N–H and O–H groups in total. The van der Waals surface area contributed by atoms with Crippen LogP contribution in [-0.2, 0) is 5.41 Å². The van der Waals surface area contributed by atoms with Crippen LogP contribution in [0.25, 0.3) is 0 Å². The van der Waals surface area contributed by atoms with Gasteiger partial charge in [0, 0.05) is 25.2 Å². The average Bonchev–Trinajstić information content (AvgIpc) is 3.29. The van der Waals surface area contributed by atoms with Gasteiger partial charge < -0.3 is 5.73 Å². The van der Waals surface area contributed by atoms with Gasteiger partial charge in [-0.05, 0) is 48.1 Å². The van der Waals surface area contributed by atoms with Crippen molar-refractivity contribution in [2.24, 2.45) is 11.7 Å². The highest BCUT2D eigenvalue weighted by molar-refractivity contribution is 5.29. The van der Waals surface area contributed by atoms with Crippen LogP contribution in [0, 0.1) is 5.92 Å². The van der Waals surface area contributed by atoms with Crippen molar-refractivity contribution in [2.45, 2.75) is 64.0 Å². The summed E-state index contributed by atoms with van der Waals surface area (Å²) in [6, 6.07) is 9.93. The first kappa shape index (κ1) is 15.1. The van der Waals surface area contributed by atoms with Crippen LogP contribution in [0.15, 0.2) is 24.3 Å². The summed E-state index contributed by atoms with van der Waals surface area (Å²) in [5.74, 6) is 0.959. The van der Waals surface area contributed by atoms with Gasteiger partial charge in [-0.25, -0.2) is 0 Å². The number of benzene rings is 1. The fraction of sp³-hybridized carbons (Fsp3) is 0.684. The van der Waals surface area contributed by atoms with E-state index in [9.17, 15) is 0 Å². The predicted molar refractivity (Wildman–Crippen MR) is 89.4 cm³/mol. The Labute approximate surface area is 129 Å². The van der Waals surface area contributed by atoms with Gasteiger partial charge in [0.15, 0.2) is 0 Å². The molecule has 2 heteroatoms. The zero-order valence-corrected chi connectivity index (χ0v) is 13.8. The highest BCUT2D eigenvalue weighted by Gasteiger charge is 2.34. The minimum Gasteiger partial charge on any atom is -0.323 e. The van der Waals surface area contributed by atoms with Crippen molar-refractivity contribution in [3.8, 4) is 0 Å². The molecule has 0 amide bonds. The van der Waals surface area contributed by atoms with Crippen molar-refractivity contribution in [3.63, 3.8) is 0 Å². The minimum atomic E-state index is 0.151. The first-order chi connectivity index (χ1) is 9.93. The smallest absolute Gasteiger partial charge is 0.0424 e. The Bertz CT molecular complexity index is 463. The highest BCUT2D eigenvalue weighted by Crippen LogP contribution is 2.35. The number of nitrogens with two attached hydrogens (primary N) is 1. The Kier molecular flexibility index (Phi) is 4.11. The molecular formula is C19H30N2. The maximum atomic E-state index is 6.48. The molecule has 3 rings (SSSR count). The molecule has 0 spiro atoms. The quantitative estimate of drug-likeness (QED) is 0.860. The zero-order valence-electron chi connectivity index (χ0n) is 13.8. The van der Waals surface area contributed by atoms with Gasteiger partial charge in [-0.3, -0.25) is 4.90 Å². The average molecular weight is 286 g/mol. The predicted octanol–water partition coefficient (Wildman–Crippen LogP) is 3.86. The van der Waals surface area contributed by atoms with E-state index >= 15 is 0 Å². The molecule has 0 heterocycles. The molecule has 0 bridgehead atoms. The fourth-order valence-corrected chi connectivity index (χ4v) is 3.03. The lowest BCUT2D eigenvalue weighted by Crippen LogP contribution is -2.35. The van der Waals surface area contributed by atoms with Crippen LogP contribution >= 0.6 is 0 Å². The van der Waals surface area contributed by atoms with E-state index in [1.54, 1.807) is 0 Å². The molecule has 1 aromatic rings. The van der Waals surface area contributed by atoms with Crippen LogP contribution in [0.5, 0.6) is 0 Å². The molecule has 0 aliphatic heterocycles. The number of nitrogens with zero attached hydrogens (tertiary/aromatic N) is 1. The first-order valence-electron chi connectivity index (χ1n) is 8.53. The van der Waals surface area contributed by atoms with Crippen molar-refractivity contribution in [3.05, 3.63) is 35.4 Å². The third kappa shape index (κ3) is 4.08. The van der Waals surface area contributed by atoms with Crippen LogP contribution in [0.4, 0.5) is 0 Å². The summed E-state index contributed by atoms with van der Waals surface area (Å²) in [6.45, 7) is 9.07. The second kappa shape index (κ2) is 5.73. The lowest BCUT2D eigenvalue weighted by molar-refractivity contribution is 0.237. The third-order valence-electron chi connectivity index (χ3n) is 4.89. The van der Waals surface area contributed by atoms with Crippen LogP contribution in [-0.4, -0.2) is 24.0 Å². The Morgan fingerprint density at radius 3 is 2.19 bits per heavy atom. The van der Waals surface area contributed by atoms with Crippen molar-refractivity contribution in [1.29, 1.82) is 0 Å². The van der Waals surface area contributed by atoms with E-state index < -0.39 is 0 Å². The summed E-state index contributed by atoms with van der Waals surface area (Å²) in [5.41, 5.74) is 9.36. The monoisotopic (exact) mass is 286 g/mol. The van der Waals surface area contributed by atoms with Gasteiger partial charge in [-0.15, -0.1) is 0 Å². The molecular weight excluding hydrogens is 256 g/mol. The summed E-state index contributed by atoms with van der Waals surface area (Å²) in [7, 11) is 0. The van der Waals surface area contributed by atoms with Gasteiger partial charge >= 0.3 is 0 Å². The Hall–Kier alpha value is -0.860. The SMILES string of the molecule is CC(C)(C)c1ccc(C(N)CN(CC2CC2)C2CC2)cc1. The van der Waals surface area contributed by atoms with Gasteiger partial charge in [-0.1, -0.05) is 45.0 Å². The molecule has 0 radical (unpaired) electrons. The number of rotatable bonds is 6. The Morgan fingerprint density at radius 2 is 1.71 bits per heavy atom. The second-order valence-electron chi connectivity index (χ2n) is 8.11. The van der Waals surface area contributed by atoms with E-state index in [1.165, 1.54) is 43.4 Å². The normalized spacial score (nSPS) is 20.8. The molecule has 0 saturated heterocycles. The Morgan fingerprint density at radius 1 is 1.10 bits per heavy atom. The molecule has 1 atom stereocenters. The maximum absolute atomic E-state index is 6.48. The van der Waals surface area contributed by atoms with Gasteiger partial charge in [0.25, 0.3) is 0 Å². The molecule has 116 valence electrons. The van der Waals surface area contributed by atoms with Crippen LogP contribution < -0.4 is 5.73 Å². The third-order valence-corrected chi connectivity index (χ3v) is 4.89. The van der Waals surface area contributed by atoms with E-state index in [0.717, 1.165) is 18.5 Å². The van der Waals surface area contributed by atoms with Crippen molar-refractivity contribution < 1.29 is 0 Å². The largest absolute Gasteiger partial charge is 0.323 e. The molecule has 1 unspecified atom stereocenters. The molecule has 21 heavy (non-hydrogen) atoms. The maximum Gasteiger partial charge on any atom is 0.0424 e. The van der Waals surface area contributed by atoms with Gasteiger partial charge in [0.2, 0.25) is 0 Å². The lowest BCUT2D eigenvalue weighted by Gasteiger charge is -2.26. The topological polar surface area (TPSA) is 29.3 Å². The lowest BCUT2D eigenvalue weighted by atomic mass is 9.86. The fourth-order valence-electron chi connectivity index (χ4n) is 3.03. The molecule has 0 aromatic heterocycles. The summed E-state index contributed by atoms with van der Waals surface area (Å²) >= 11 is 0. The van der Waals surface area contributed by atoms with E-state index in [0.29, 0.717) is 0 Å². The van der Waals surface area contributed by atoms with Crippen LogP contribution in [0.3, 0.4) is 0 Å². The summed E-state index contributed by atoms with van der Waals surface area (Å²) in [4.78, 5) is 2.65. The van der Waals surface area contributed by atoms with E-state index in [2.05, 4.69) is 49.9 Å². The van der Waals surface area contributed by atoms with Crippen LogP contribution in [0.1, 0.15) is 63.6 Å². The van der Waals surface area contributed by atoms with E-state index in [4.69, 9.17) is 5.73 Å². The van der Waals surface area contributed by atoms with Crippen molar-refractivity contribution in [2.75, 3.05) is 13.1 Å². The number of hydrogen-bond donors (Lipinski definition) is 1. The minimum absolute atomic E-state index is 0.151. The summed E-state index contributed by atoms with van der Waals surface area (Å²) in [5, 5.41) is 0. The van der Waals surface area contributed by atoms with Gasteiger partial charge in [0.1, 0.15) is 0 Å². The molecule has 2 fully saturated rings. The van der Waals surface area contributed by atoms with Crippen LogP contribution in [0.2, 0.25) is 0 Å². The summed E-state index contributed by atoms with van der Waals surface area (Å²) < 4.78 is 0. The zero-order chi connectivity index (χ0) is 15.0. The Balaban J connectivity index is 1.62. The molecule has 2 nitrogen and oxygen atoms in total. The second-order valence-corrected chi connectivity index (χ2v) is 8.11. The summed E-state index contributed by atoms with van der Waals surface area (Å²) in [6.07, 6.45) is 5.61. The van der Waals surface area contributed by atoms with Gasteiger partial charge in [0.05, 0.1) is 0 Å². The number of hydrogen-bond acceptors (Lipinski definition) is 2. The first-order valence-corrected chi connectivity index (χ1v) is 8.53. The van der Waals surface area contributed by atoms with E-state index in [-0.39, 0.29) is 11.5 Å².